The van der Waals surface area contributed by atoms with E-state index in [4.69, 9.17) is 5.73 Å². The number of aromatic amines is 1. The Bertz CT molecular complexity index is 675. The molecule has 1 aliphatic carbocycles. The van der Waals surface area contributed by atoms with Crippen LogP contribution in [0.15, 0.2) is 24.0 Å². The number of nitrogens with zero attached hydrogens (tertiary/aromatic N) is 2. The van der Waals surface area contributed by atoms with E-state index in [0.29, 0.717) is 5.06 Å². The zero-order valence-electron chi connectivity index (χ0n) is 11.4. The minimum absolute atomic E-state index is 0.165. The fourth-order valence-corrected chi connectivity index (χ4v) is 3.58. The summed E-state index contributed by atoms with van der Waals surface area (Å²) in [6, 6.07) is 1.32. The first-order valence-corrected chi connectivity index (χ1v) is 7.48. The summed E-state index contributed by atoms with van der Waals surface area (Å²) in [4.78, 5) is 20.8. The van der Waals surface area contributed by atoms with E-state index in [1.54, 1.807) is 17.5 Å². The summed E-state index contributed by atoms with van der Waals surface area (Å²) in [7, 11) is 0. The molecule has 0 saturated heterocycles. The molecule has 0 atom stereocenters. The predicted octanol–water partition coefficient (Wildman–Crippen LogP) is 2.16. The van der Waals surface area contributed by atoms with E-state index in [1.165, 1.54) is 15.3 Å². The van der Waals surface area contributed by atoms with Crippen molar-refractivity contribution in [3.63, 3.8) is 0 Å². The molecule has 2 aromatic rings. The van der Waals surface area contributed by atoms with Crippen LogP contribution in [-0.2, 0) is 12.8 Å². The van der Waals surface area contributed by atoms with Crippen molar-refractivity contribution in [2.24, 2.45) is 5.73 Å². The second-order valence-corrected chi connectivity index (χ2v) is 6.22. The van der Waals surface area contributed by atoms with Gasteiger partial charge in [-0.3, -0.25) is 5.21 Å². The van der Waals surface area contributed by atoms with Gasteiger partial charge in [0, 0.05) is 28.6 Å². The lowest BCUT2D eigenvalue weighted by Gasteiger charge is -2.17. The van der Waals surface area contributed by atoms with Crippen molar-refractivity contribution in [3.8, 4) is 0 Å². The highest BCUT2D eigenvalue weighted by Gasteiger charge is 2.17. The van der Waals surface area contributed by atoms with Crippen LogP contribution in [0.2, 0.25) is 0 Å². The highest BCUT2D eigenvalue weighted by molar-refractivity contribution is 7.12. The smallest absolute Gasteiger partial charge is 0.338 e. The number of thiophene rings is 1. The fourth-order valence-electron chi connectivity index (χ4n) is 2.43. The number of carbonyl (C=O) groups excluding carboxylic acids is 1. The minimum Gasteiger partial charge on any atom is -0.350 e. The van der Waals surface area contributed by atoms with Gasteiger partial charge in [-0.05, 0) is 30.0 Å². The molecule has 0 bridgehead atoms. The maximum absolute atomic E-state index is 10.9. The van der Waals surface area contributed by atoms with Gasteiger partial charge >= 0.3 is 6.03 Å². The maximum Gasteiger partial charge on any atom is 0.338 e. The molecule has 1 aliphatic rings. The summed E-state index contributed by atoms with van der Waals surface area (Å²) in [6.45, 7) is 0.165. The topological polar surface area (TPSA) is 95.2 Å². The molecule has 0 aliphatic heterocycles. The predicted molar refractivity (Wildman–Crippen MR) is 80.1 cm³/mol. The monoisotopic (exact) mass is 304 g/mol. The normalized spacial score (nSPS) is 13.7. The van der Waals surface area contributed by atoms with Gasteiger partial charge in [-0.2, -0.15) is 0 Å². The molecule has 2 heterocycles. The molecule has 0 fully saturated rings. The number of carbonyl (C=O) groups is 1. The zero-order chi connectivity index (χ0) is 14.8. The van der Waals surface area contributed by atoms with Gasteiger partial charge in [-0.15, -0.1) is 11.3 Å². The third-order valence-corrected chi connectivity index (χ3v) is 4.64. The molecule has 7 heteroatoms. The van der Waals surface area contributed by atoms with Crippen LogP contribution in [-0.4, -0.2) is 32.8 Å². The van der Waals surface area contributed by atoms with E-state index < -0.39 is 6.03 Å². The summed E-state index contributed by atoms with van der Waals surface area (Å²) in [5.41, 5.74) is 7.20. The highest BCUT2D eigenvalue weighted by atomic mass is 32.1. The summed E-state index contributed by atoms with van der Waals surface area (Å²) in [6.07, 6.45) is 8.16. The third-order valence-electron chi connectivity index (χ3n) is 3.43. The number of amides is 2. The van der Waals surface area contributed by atoms with Crippen LogP contribution in [0.5, 0.6) is 0 Å². The van der Waals surface area contributed by atoms with Crippen molar-refractivity contribution in [1.82, 2.24) is 15.0 Å². The van der Waals surface area contributed by atoms with Gasteiger partial charge < -0.3 is 10.7 Å². The quantitative estimate of drug-likeness (QED) is 0.596. The van der Waals surface area contributed by atoms with Crippen molar-refractivity contribution in [2.75, 3.05) is 6.54 Å². The van der Waals surface area contributed by atoms with Crippen molar-refractivity contribution < 1.29 is 10.0 Å². The van der Waals surface area contributed by atoms with Crippen molar-refractivity contribution in [1.29, 1.82) is 0 Å². The number of rotatable bonds is 4. The Kier molecular flexibility index (Phi) is 3.76. The van der Waals surface area contributed by atoms with E-state index in [2.05, 4.69) is 16.0 Å². The van der Waals surface area contributed by atoms with Crippen LogP contribution in [0, 0.1) is 0 Å². The molecule has 0 spiro atoms. The molecular weight excluding hydrogens is 288 g/mol. The molecule has 2 aromatic heterocycles. The van der Waals surface area contributed by atoms with Crippen LogP contribution in [0.3, 0.4) is 0 Å². The largest absolute Gasteiger partial charge is 0.350 e. The first-order chi connectivity index (χ1) is 10.1. The second kappa shape index (κ2) is 5.71. The van der Waals surface area contributed by atoms with Crippen LogP contribution < -0.4 is 5.73 Å². The lowest BCUT2D eigenvalue weighted by Crippen LogP contribution is -2.34. The zero-order valence-corrected chi connectivity index (χ0v) is 12.2. The molecule has 4 N–H and O–H groups in total. The number of H-pyrrole nitrogens is 1. The number of hydrogen-bond donors (Lipinski definition) is 3. The van der Waals surface area contributed by atoms with Crippen molar-refractivity contribution in [3.05, 3.63) is 45.2 Å². The molecule has 0 radical (unpaired) electrons. The Hall–Kier alpha value is -2.12. The number of urea groups is 1. The van der Waals surface area contributed by atoms with E-state index in [-0.39, 0.29) is 6.54 Å². The second-order valence-electron chi connectivity index (χ2n) is 5.00. The van der Waals surface area contributed by atoms with Gasteiger partial charge in [0.1, 0.15) is 5.82 Å². The van der Waals surface area contributed by atoms with Gasteiger partial charge in [-0.1, -0.05) is 6.08 Å². The average molecular weight is 304 g/mol. The summed E-state index contributed by atoms with van der Waals surface area (Å²) in [5.74, 6) is 0.952. The van der Waals surface area contributed by atoms with E-state index in [1.807, 2.05) is 12.3 Å². The van der Waals surface area contributed by atoms with Crippen molar-refractivity contribution in [2.45, 2.75) is 19.3 Å². The molecule has 2 amide bonds. The highest BCUT2D eigenvalue weighted by Crippen LogP contribution is 2.32. The first-order valence-electron chi connectivity index (χ1n) is 6.67. The number of aromatic nitrogens is 2. The average Bonchev–Trinajstić information content (AvgIpc) is 3.07. The molecule has 21 heavy (non-hydrogen) atoms. The molecule has 0 unspecified atom stereocenters. The van der Waals surface area contributed by atoms with Gasteiger partial charge in [0.25, 0.3) is 0 Å². The van der Waals surface area contributed by atoms with Gasteiger partial charge in [-0.25, -0.2) is 14.8 Å². The summed E-state index contributed by atoms with van der Waals surface area (Å²) < 4.78 is 0. The number of nitrogens with one attached hydrogen (secondary N) is 1. The van der Waals surface area contributed by atoms with Crippen molar-refractivity contribution >= 4 is 23.4 Å². The Labute approximate surface area is 125 Å². The van der Waals surface area contributed by atoms with Crippen LogP contribution in [0.4, 0.5) is 4.79 Å². The SMILES string of the molecule is NC(=O)N(O)CC1=Cc2cc(Cc3ncc[nH]3)sc2CC1. The molecule has 0 aromatic carbocycles. The number of nitrogens with two attached hydrogens (primary N) is 1. The van der Waals surface area contributed by atoms with Crippen LogP contribution in [0.25, 0.3) is 6.08 Å². The Morgan fingerprint density at radius 3 is 3.10 bits per heavy atom. The standard InChI is InChI=1S/C14H16N4O2S/c15-14(19)18(20)8-9-1-2-12-10(5-9)6-11(21-12)7-13-16-3-4-17-13/h3-6,20H,1-2,7-8H2,(H2,15,19)(H,16,17). The lowest BCUT2D eigenvalue weighted by atomic mass is 9.98. The van der Waals surface area contributed by atoms with Gasteiger partial charge in [0.05, 0.1) is 6.54 Å². The molecule has 0 saturated carbocycles. The van der Waals surface area contributed by atoms with E-state index >= 15 is 0 Å². The van der Waals surface area contributed by atoms with E-state index in [0.717, 1.165) is 30.7 Å². The Morgan fingerprint density at radius 2 is 2.38 bits per heavy atom. The molecule has 110 valence electrons. The summed E-state index contributed by atoms with van der Waals surface area (Å²) in [5, 5.41) is 9.96. The van der Waals surface area contributed by atoms with Gasteiger partial charge in [0.2, 0.25) is 0 Å². The van der Waals surface area contributed by atoms with Gasteiger partial charge in [0.15, 0.2) is 0 Å². The number of aryl methyl sites for hydroxylation is 1. The molecule has 3 rings (SSSR count). The van der Waals surface area contributed by atoms with Crippen LogP contribution in [0.1, 0.15) is 27.6 Å². The Morgan fingerprint density at radius 1 is 1.52 bits per heavy atom. The third kappa shape index (κ3) is 3.14. The molecule has 6 nitrogen and oxygen atoms in total. The Balaban J connectivity index is 1.75. The number of hydrogen-bond acceptors (Lipinski definition) is 4. The minimum atomic E-state index is -0.828. The van der Waals surface area contributed by atoms with E-state index in [9.17, 15) is 10.0 Å². The number of primary amides is 1. The number of imidazole rings is 1. The fraction of sp³-hybridized carbons (Fsp3) is 0.286. The van der Waals surface area contributed by atoms with Crippen LogP contribution >= 0.6 is 11.3 Å². The number of hydroxylamine groups is 2. The summed E-state index contributed by atoms with van der Waals surface area (Å²) >= 11 is 1.79. The first kappa shape index (κ1) is 13.8. The number of fused-ring (bicyclic) bond motifs is 1. The maximum atomic E-state index is 10.9. The lowest BCUT2D eigenvalue weighted by molar-refractivity contribution is -0.0313. The molecular formula is C14H16N4O2S.